The van der Waals surface area contributed by atoms with Gasteiger partial charge in [0, 0.05) is 88.7 Å². The number of nitriles is 4. The minimum absolute atomic E-state index is 0.00879. The maximum Gasteiger partial charge on any atom is 0.326 e. The fraction of sp³-hybridized carbons (Fsp3) is 0.520. The monoisotopic (exact) mass is 1810 g/mol. The molecule has 133 heavy (non-hydrogen) atoms. The van der Waals surface area contributed by atoms with E-state index in [0.29, 0.717) is 94.6 Å². The molecular formula is C100H126N24O9. The lowest BCUT2D eigenvalue weighted by molar-refractivity contribution is 0.0172. The molecule has 8 heterocycles. The third kappa shape index (κ3) is 19.2. The van der Waals surface area contributed by atoms with Gasteiger partial charge in [0.15, 0.2) is 0 Å². The Balaban J connectivity index is 0.000000142. The first-order valence-electron chi connectivity index (χ1n) is 46.2. The molecule has 33 nitrogen and oxygen atoms in total. The van der Waals surface area contributed by atoms with Gasteiger partial charge in [0.1, 0.15) is 47.3 Å². The number of carbonyl (C=O) groups is 4. The van der Waals surface area contributed by atoms with Gasteiger partial charge >= 0.3 is 24.1 Å². The van der Waals surface area contributed by atoms with Gasteiger partial charge in [-0.15, -0.1) is 0 Å². The molecule has 8 amide bonds. The van der Waals surface area contributed by atoms with Gasteiger partial charge in [0.25, 0.3) is 0 Å². The first-order valence-corrected chi connectivity index (χ1v) is 46.2. The van der Waals surface area contributed by atoms with Crippen molar-refractivity contribution in [3.8, 4) is 36.0 Å². The largest absolute Gasteiger partial charge is 0.479 e. The van der Waals surface area contributed by atoms with Crippen LogP contribution in [0, 0.1) is 51.2 Å². The molecule has 9 fully saturated rings. The van der Waals surface area contributed by atoms with Crippen molar-refractivity contribution in [2.45, 2.75) is 173 Å². The summed E-state index contributed by atoms with van der Waals surface area (Å²) in [4.78, 5) is 110. The summed E-state index contributed by atoms with van der Waals surface area (Å²) in [6.07, 6.45) is 25.2. The topological polar surface area (TPSA) is 360 Å². The number of urea groups is 4. The van der Waals surface area contributed by atoms with E-state index in [1.54, 1.807) is 59.3 Å². The Morgan fingerprint density at radius 1 is 0.383 bits per heavy atom. The van der Waals surface area contributed by atoms with Gasteiger partial charge in [-0.05, 0) is 212 Å². The highest BCUT2D eigenvalue weighted by Crippen LogP contribution is 2.55. The summed E-state index contributed by atoms with van der Waals surface area (Å²) in [6, 6.07) is 53.6. The Hall–Kier alpha value is -12.4. The number of rotatable bonds is 26. The molecule has 17 rings (SSSR count). The summed E-state index contributed by atoms with van der Waals surface area (Å²) < 4.78 is 26.8. The average molecular weight is 1810 g/mol. The van der Waals surface area contributed by atoms with Crippen LogP contribution >= 0.6 is 0 Å². The van der Waals surface area contributed by atoms with Crippen LogP contribution in [0.25, 0.3) is 0 Å². The Kier molecular flexibility index (Phi) is 30.3. The van der Waals surface area contributed by atoms with Crippen molar-refractivity contribution in [3.05, 3.63) is 204 Å². The molecule has 0 atom stereocenters. The quantitative estimate of drug-likeness (QED) is 0.0492. The third-order valence-electron chi connectivity index (χ3n) is 30.4. The molecule has 4 aliphatic heterocycles. The number of carbonyl (C=O) groups excluding carboxylic acids is 4. The van der Waals surface area contributed by atoms with E-state index in [1.165, 1.54) is 74.3 Å². The van der Waals surface area contributed by atoms with Crippen molar-refractivity contribution < 1.29 is 42.9 Å². The Labute approximate surface area is 781 Å². The van der Waals surface area contributed by atoms with Crippen molar-refractivity contribution in [2.24, 2.45) is 5.92 Å². The molecule has 700 valence electrons. The molecule has 4 aromatic carbocycles. The molecule has 1 N–H and O–H groups in total. The summed E-state index contributed by atoms with van der Waals surface area (Å²) >= 11 is 0. The zero-order chi connectivity index (χ0) is 94.4. The van der Waals surface area contributed by atoms with Crippen LogP contribution in [-0.4, -0.2) is 278 Å². The van der Waals surface area contributed by atoms with Gasteiger partial charge in [-0.25, -0.2) is 49.1 Å². The molecule has 9 aliphatic rings. The van der Waals surface area contributed by atoms with Crippen molar-refractivity contribution in [1.29, 1.82) is 21.0 Å². The SMILES string of the molecule is CN(C)C1(c2ccccc2)CCC2(CC1)CN(c1ccnc(C#N)n1)C(=O)N2CC1CCC1.CNC1(c2ccccc2)CCC2(CC1)CN(c1cnc(C#N)nc1OC)C(=O)N2CCCOC.COCCN1C(=O)N(c2ccnc(C#N)n2)CC12CCC(c1ccccc1)(N(C)C)CC2.COCCN1C(=O)N(c2cnc(C#N)nc2OC)CC12CCC(c1ccccc1)(N(C)C)CC2. The minimum Gasteiger partial charge on any atom is -0.479 e. The molecule has 4 saturated heterocycles. The van der Waals surface area contributed by atoms with Crippen LogP contribution in [0.4, 0.5) is 42.2 Å². The number of aromatic nitrogens is 8. The molecule has 4 spiro atoms. The number of ether oxygens (including phenoxy) is 5. The van der Waals surface area contributed by atoms with Crippen molar-refractivity contribution in [1.82, 2.24) is 79.5 Å². The number of methoxy groups -OCH3 is 5. The van der Waals surface area contributed by atoms with Crippen LogP contribution in [0.3, 0.4) is 0 Å². The van der Waals surface area contributed by atoms with Crippen molar-refractivity contribution in [3.63, 3.8) is 0 Å². The fourth-order valence-electron chi connectivity index (χ4n) is 22.4. The minimum atomic E-state index is -0.331. The average Bonchev–Trinajstić information content (AvgIpc) is 1.61. The second-order valence-electron chi connectivity index (χ2n) is 37.2. The van der Waals surface area contributed by atoms with Crippen LogP contribution in [0.2, 0.25) is 0 Å². The van der Waals surface area contributed by atoms with Gasteiger partial charge in [-0.2, -0.15) is 31.0 Å². The van der Waals surface area contributed by atoms with Crippen LogP contribution in [0.1, 0.15) is 174 Å². The first kappa shape index (κ1) is 96.6. The summed E-state index contributed by atoms with van der Waals surface area (Å²) in [5, 5.41) is 40.3. The second-order valence-corrected chi connectivity index (χ2v) is 37.2. The molecule has 0 bridgehead atoms. The lowest BCUT2D eigenvalue weighted by Gasteiger charge is -2.51. The fourth-order valence-corrected chi connectivity index (χ4v) is 22.4. The lowest BCUT2D eigenvalue weighted by Crippen LogP contribution is -2.56. The highest BCUT2D eigenvalue weighted by Gasteiger charge is 2.60. The molecule has 0 unspecified atom stereocenters. The van der Waals surface area contributed by atoms with E-state index >= 15 is 0 Å². The molecule has 8 aromatic rings. The maximum atomic E-state index is 13.7. The maximum absolute atomic E-state index is 13.7. The molecule has 4 aromatic heterocycles. The van der Waals surface area contributed by atoms with Gasteiger partial charge < -0.3 is 48.6 Å². The van der Waals surface area contributed by atoms with Crippen LogP contribution in [0.5, 0.6) is 11.8 Å². The van der Waals surface area contributed by atoms with Gasteiger partial charge in [0.2, 0.25) is 35.1 Å². The number of hydrogen-bond donors (Lipinski definition) is 1. The summed E-state index contributed by atoms with van der Waals surface area (Å²) in [6.45, 7) is 6.22. The zero-order valence-electron chi connectivity index (χ0n) is 79.0. The van der Waals surface area contributed by atoms with E-state index in [9.17, 15) is 29.7 Å². The van der Waals surface area contributed by atoms with E-state index < -0.39 is 0 Å². The Morgan fingerprint density at radius 3 is 1.02 bits per heavy atom. The number of nitrogens with one attached hydrogen (secondary N) is 1. The Morgan fingerprint density at radius 2 is 0.699 bits per heavy atom. The first-order chi connectivity index (χ1) is 64.3. The van der Waals surface area contributed by atoms with Gasteiger partial charge in [-0.1, -0.05) is 128 Å². The standard InChI is InChI=1S/C26H32N6O.2C25H32N6O3.C24H30N6O2/c1-30(2)26(21-9-4-3-5-10-21)14-12-25(13-15-26)19-31(23-11-16-28-22(17-27)29-23)24(33)32(25)18-20-7-6-8-20;1-29(2)25(19-8-6-5-7-9-19)12-10-24(11-13-25)18-30(23(32)31(24)14-15-33-3)20-17-27-21(16-26)28-22(20)34-4;1-27-25(19-8-5-4-6-9-19)12-10-24(11-13-25)18-30(23(32)31(24)14-7-15-33-2)20-17-28-21(16-26)29-22(20)34-3;1-28(2)24(19-7-5-4-6-8-19)12-10-23(11-13-24)18-29(22(31)30(23)15-16-32-3)21-9-14-26-20(17-25)27-21/h3-5,9-11,16,20H,6-8,12-15,18-19H2,1-2H3;5-9,17H,10-15,18H2,1-4H3;4-6,8-9,17,27H,7,10-15,18H2,1-3H3;4-9,14H,10-13,15-16,18H2,1-3H3. The van der Waals surface area contributed by atoms with E-state index in [0.717, 1.165) is 116 Å². The lowest BCUT2D eigenvalue weighted by atomic mass is 9.68. The predicted molar refractivity (Wildman–Crippen MR) is 503 cm³/mol. The summed E-state index contributed by atoms with van der Waals surface area (Å²) in [5.74, 6) is 2.27. The van der Waals surface area contributed by atoms with Gasteiger partial charge in [-0.3, -0.25) is 34.3 Å². The number of amides is 8. The number of anilines is 4. The molecule has 33 heteroatoms. The Bertz CT molecular complexity index is 5440. The van der Waals surface area contributed by atoms with Crippen LogP contribution < -0.4 is 34.4 Å². The van der Waals surface area contributed by atoms with Crippen molar-refractivity contribution >= 4 is 47.1 Å². The van der Waals surface area contributed by atoms with Gasteiger partial charge in [0.05, 0.1) is 88.2 Å². The van der Waals surface area contributed by atoms with E-state index in [4.69, 9.17) is 34.2 Å². The van der Waals surface area contributed by atoms with Crippen LogP contribution in [-0.2, 0) is 36.4 Å². The van der Waals surface area contributed by atoms with E-state index in [-0.39, 0.29) is 103 Å². The summed E-state index contributed by atoms with van der Waals surface area (Å²) in [5.41, 5.74) is 4.84. The predicted octanol–water partition coefficient (Wildman–Crippen LogP) is 13.2. The number of hydrogen-bond acceptors (Lipinski definition) is 25. The number of nitrogens with zero attached hydrogens (tertiary/aromatic N) is 23. The molecule has 5 saturated carbocycles. The highest BCUT2D eigenvalue weighted by molar-refractivity contribution is 5.98. The molecular weight excluding hydrogens is 1680 g/mol. The van der Waals surface area contributed by atoms with E-state index in [1.807, 2.05) is 64.2 Å². The van der Waals surface area contributed by atoms with E-state index in [2.05, 4.69) is 210 Å². The second kappa shape index (κ2) is 41.8. The van der Waals surface area contributed by atoms with Crippen LogP contribution in [0.15, 0.2) is 158 Å². The zero-order valence-corrected chi connectivity index (χ0v) is 79.0. The summed E-state index contributed by atoms with van der Waals surface area (Å²) in [7, 11) is 22.9. The highest BCUT2D eigenvalue weighted by atomic mass is 16.5. The normalized spacial score (nSPS) is 25.6. The molecule has 5 aliphatic carbocycles. The third-order valence-corrected chi connectivity index (χ3v) is 30.4. The van der Waals surface area contributed by atoms with Crippen molar-refractivity contribution in [2.75, 3.05) is 177 Å². The number of benzene rings is 4. The molecule has 0 radical (unpaired) electrons. The smallest absolute Gasteiger partial charge is 0.326 e.